The Labute approximate surface area is 199 Å². The first-order valence-corrected chi connectivity index (χ1v) is 13.5. The fourth-order valence-electron chi connectivity index (χ4n) is 4.00. The second kappa shape index (κ2) is 9.73. The van der Waals surface area contributed by atoms with Crippen molar-refractivity contribution in [3.05, 3.63) is 64.8 Å². The lowest BCUT2D eigenvalue weighted by atomic mass is 9.96. The van der Waals surface area contributed by atoms with E-state index in [1.54, 1.807) is 46.6 Å². The summed E-state index contributed by atoms with van der Waals surface area (Å²) < 4.78 is 14.2. The Kier molecular flexibility index (Phi) is 6.57. The van der Waals surface area contributed by atoms with Gasteiger partial charge in [0.1, 0.15) is 15.8 Å². The van der Waals surface area contributed by atoms with Gasteiger partial charge in [-0.3, -0.25) is 4.79 Å². The smallest absolute Gasteiger partial charge is 0.225 e. The number of aromatic nitrogens is 1. The number of carbonyl (C=O) groups is 1. The van der Waals surface area contributed by atoms with Gasteiger partial charge in [-0.2, -0.15) is 0 Å². The van der Waals surface area contributed by atoms with Gasteiger partial charge in [0, 0.05) is 21.8 Å². The van der Waals surface area contributed by atoms with Crippen LogP contribution in [0.2, 0.25) is 0 Å². The van der Waals surface area contributed by atoms with Gasteiger partial charge < -0.3 is 5.32 Å². The molecule has 0 radical (unpaired) electrons. The molecule has 2 heterocycles. The first-order chi connectivity index (χ1) is 15.7. The third-order valence-electron chi connectivity index (χ3n) is 5.56. The third kappa shape index (κ3) is 4.75. The number of nitrogens with zero attached hydrogens (tertiary/aromatic N) is 1. The number of thioether (sulfide) groups is 1. The fourth-order valence-corrected chi connectivity index (χ4v) is 7.27. The molecular weight excluding hydrogens is 459 g/mol. The average molecular weight is 483 g/mol. The van der Waals surface area contributed by atoms with Crippen LogP contribution in [-0.2, 0) is 17.6 Å². The number of amides is 1. The normalized spacial score (nSPS) is 13.3. The Bertz CT molecular complexity index is 1210. The molecule has 1 amide bonds. The highest BCUT2D eigenvalue weighted by Gasteiger charge is 2.25. The minimum absolute atomic E-state index is 0.0469. The molecule has 5 rings (SSSR count). The van der Waals surface area contributed by atoms with Gasteiger partial charge in [-0.15, -0.1) is 34.4 Å². The standard InChI is InChI=1S/C25H23FN2OS3/c26-16-11-13-17(14-12-16)30-15-5-10-22(29)28-25-23(18-6-1-3-8-20(18)31-25)24-27-19-7-2-4-9-21(19)32-24/h2,4,7,9,11-14H,1,3,5-6,8,10,15H2,(H,28,29). The molecule has 0 fully saturated rings. The van der Waals surface area contributed by atoms with Crippen molar-refractivity contribution in [1.82, 2.24) is 4.98 Å². The first-order valence-electron chi connectivity index (χ1n) is 10.9. The monoisotopic (exact) mass is 482 g/mol. The largest absolute Gasteiger partial charge is 0.317 e. The van der Waals surface area contributed by atoms with Crippen LogP contribution >= 0.6 is 34.4 Å². The number of anilines is 1. The molecule has 0 bridgehead atoms. The molecule has 3 nitrogen and oxygen atoms in total. The molecule has 164 valence electrons. The van der Waals surface area contributed by atoms with E-state index in [0.29, 0.717) is 6.42 Å². The molecule has 0 aliphatic heterocycles. The van der Waals surface area contributed by atoms with E-state index in [4.69, 9.17) is 4.98 Å². The number of hydrogen-bond acceptors (Lipinski definition) is 5. The number of aryl methyl sites for hydroxylation is 1. The summed E-state index contributed by atoms with van der Waals surface area (Å²) in [5.74, 6) is 0.645. The highest BCUT2D eigenvalue weighted by Crippen LogP contribution is 2.46. The Morgan fingerprint density at radius 1 is 1.06 bits per heavy atom. The van der Waals surface area contributed by atoms with Crippen molar-refractivity contribution in [2.75, 3.05) is 11.1 Å². The molecule has 0 saturated carbocycles. The van der Waals surface area contributed by atoms with Gasteiger partial charge in [-0.1, -0.05) is 12.1 Å². The van der Waals surface area contributed by atoms with Gasteiger partial charge >= 0.3 is 0 Å². The number of thiophene rings is 1. The van der Waals surface area contributed by atoms with Crippen LogP contribution in [0.3, 0.4) is 0 Å². The summed E-state index contributed by atoms with van der Waals surface area (Å²) in [6.07, 6.45) is 5.78. The van der Waals surface area contributed by atoms with Crippen LogP contribution in [0.4, 0.5) is 9.39 Å². The number of benzene rings is 2. The summed E-state index contributed by atoms with van der Waals surface area (Å²) in [4.78, 5) is 20.1. The zero-order valence-electron chi connectivity index (χ0n) is 17.5. The van der Waals surface area contributed by atoms with Crippen LogP contribution in [0.15, 0.2) is 53.4 Å². The van der Waals surface area contributed by atoms with E-state index in [1.807, 2.05) is 18.2 Å². The number of nitrogens with one attached hydrogen (secondary N) is 1. The number of para-hydroxylation sites is 1. The lowest BCUT2D eigenvalue weighted by molar-refractivity contribution is -0.116. The summed E-state index contributed by atoms with van der Waals surface area (Å²) in [7, 11) is 0. The quantitative estimate of drug-likeness (QED) is 0.218. The summed E-state index contributed by atoms with van der Waals surface area (Å²) in [5.41, 5.74) is 3.53. The SMILES string of the molecule is O=C(CCCSc1ccc(F)cc1)Nc1sc2c(c1-c1nc3ccccc3s1)CCCC2. The van der Waals surface area contributed by atoms with Crippen LogP contribution in [-0.4, -0.2) is 16.6 Å². The Morgan fingerprint density at radius 3 is 2.72 bits per heavy atom. The average Bonchev–Trinajstić information content (AvgIpc) is 3.38. The van der Waals surface area contributed by atoms with Crippen LogP contribution < -0.4 is 5.32 Å². The number of halogens is 1. The number of carbonyl (C=O) groups excluding carboxylic acids is 1. The Balaban J connectivity index is 1.29. The molecule has 7 heteroatoms. The van der Waals surface area contributed by atoms with Crippen molar-refractivity contribution in [2.45, 2.75) is 43.4 Å². The fraction of sp³-hybridized carbons (Fsp3) is 0.280. The molecular formula is C25H23FN2OS3. The molecule has 0 spiro atoms. The molecule has 32 heavy (non-hydrogen) atoms. The van der Waals surface area contributed by atoms with Crippen molar-refractivity contribution in [2.24, 2.45) is 0 Å². The molecule has 1 aliphatic carbocycles. The molecule has 2 aromatic heterocycles. The van der Waals surface area contributed by atoms with Gasteiger partial charge in [0.05, 0.1) is 10.2 Å². The Morgan fingerprint density at radius 2 is 1.88 bits per heavy atom. The highest BCUT2D eigenvalue weighted by atomic mass is 32.2. The van der Waals surface area contributed by atoms with Crippen molar-refractivity contribution in [3.63, 3.8) is 0 Å². The van der Waals surface area contributed by atoms with Crippen molar-refractivity contribution >= 4 is 55.6 Å². The molecule has 0 unspecified atom stereocenters. The summed E-state index contributed by atoms with van der Waals surface area (Å²) in [6.45, 7) is 0. The Hall–Kier alpha value is -2.22. The molecule has 0 saturated heterocycles. The minimum Gasteiger partial charge on any atom is -0.317 e. The maximum atomic E-state index is 13.0. The van der Waals surface area contributed by atoms with Crippen LogP contribution in [0.25, 0.3) is 20.8 Å². The van der Waals surface area contributed by atoms with Gasteiger partial charge in [0.2, 0.25) is 5.91 Å². The zero-order chi connectivity index (χ0) is 21.9. The number of rotatable bonds is 7. The molecule has 1 aliphatic rings. The van der Waals surface area contributed by atoms with E-state index < -0.39 is 0 Å². The van der Waals surface area contributed by atoms with Crippen molar-refractivity contribution < 1.29 is 9.18 Å². The lowest BCUT2D eigenvalue weighted by Gasteiger charge is -2.11. The van der Waals surface area contributed by atoms with Gasteiger partial charge in [0.15, 0.2) is 0 Å². The second-order valence-corrected chi connectivity index (χ2v) is 11.2. The maximum absolute atomic E-state index is 13.0. The summed E-state index contributed by atoms with van der Waals surface area (Å²) in [5, 5.41) is 5.16. The van der Waals surface area contributed by atoms with E-state index in [2.05, 4.69) is 11.4 Å². The predicted octanol–water partition coefficient (Wildman–Crippen LogP) is 7.55. The highest BCUT2D eigenvalue weighted by molar-refractivity contribution is 7.99. The predicted molar refractivity (Wildman–Crippen MR) is 135 cm³/mol. The number of hydrogen-bond donors (Lipinski definition) is 1. The van der Waals surface area contributed by atoms with Gasteiger partial charge in [-0.05, 0) is 79.8 Å². The van der Waals surface area contributed by atoms with Gasteiger partial charge in [-0.25, -0.2) is 9.37 Å². The van der Waals surface area contributed by atoms with Crippen LogP contribution in [0.5, 0.6) is 0 Å². The molecule has 1 N–H and O–H groups in total. The number of thiazole rings is 1. The summed E-state index contributed by atoms with van der Waals surface area (Å²) in [6, 6.07) is 14.7. The zero-order valence-corrected chi connectivity index (χ0v) is 20.0. The van der Waals surface area contributed by atoms with Crippen LogP contribution in [0, 0.1) is 5.82 Å². The van der Waals surface area contributed by atoms with E-state index in [0.717, 1.165) is 51.0 Å². The lowest BCUT2D eigenvalue weighted by Crippen LogP contribution is -2.11. The second-order valence-electron chi connectivity index (χ2n) is 7.86. The van der Waals surface area contributed by atoms with E-state index in [-0.39, 0.29) is 11.7 Å². The van der Waals surface area contributed by atoms with Crippen molar-refractivity contribution in [1.29, 1.82) is 0 Å². The van der Waals surface area contributed by atoms with E-state index in [1.165, 1.54) is 40.1 Å². The first kappa shape index (κ1) is 21.6. The minimum atomic E-state index is -0.226. The van der Waals surface area contributed by atoms with Crippen molar-refractivity contribution in [3.8, 4) is 10.6 Å². The third-order valence-corrected chi connectivity index (χ3v) is 8.92. The topological polar surface area (TPSA) is 42.0 Å². The molecule has 4 aromatic rings. The van der Waals surface area contributed by atoms with Gasteiger partial charge in [0.25, 0.3) is 0 Å². The summed E-state index contributed by atoms with van der Waals surface area (Å²) >= 11 is 5.08. The van der Waals surface area contributed by atoms with E-state index in [9.17, 15) is 9.18 Å². The molecule has 2 aromatic carbocycles. The molecule has 0 atom stereocenters. The van der Waals surface area contributed by atoms with E-state index >= 15 is 0 Å². The maximum Gasteiger partial charge on any atom is 0.225 e. The van der Waals surface area contributed by atoms with Crippen LogP contribution in [0.1, 0.15) is 36.1 Å². The number of fused-ring (bicyclic) bond motifs is 2.